The zero-order valence-corrected chi connectivity index (χ0v) is 11.4. The van der Waals surface area contributed by atoms with Crippen LogP contribution in [0.15, 0.2) is 58.2 Å². The number of aliphatic imine (C=N–C) groups is 1. The Morgan fingerprint density at radius 3 is 2.63 bits per heavy atom. The predicted octanol–water partition coefficient (Wildman–Crippen LogP) is 4.62. The van der Waals surface area contributed by atoms with E-state index in [0.717, 1.165) is 33.4 Å². The summed E-state index contributed by atoms with van der Waals surface area (Å²) < 4.78 is 0. The van der Waals surface area contributed by atoms with Crippen LogP contribution in [0.4, 0.5) is 11.4 Å². The lowest BCUT2D eigenvalue weighted by Crippen LogP contribution is -1.92. The van der Waals surface area contributed by atoms with Gasteiger partial charge in [0.1, 0.15) is 0 Å². The van der Waals surface area contributed by atoms with E-state index in [0.29, 0.717) is 0 Å². The molecule has 0 saturated heterocycles. The normalized spacial score (nSPS) is 11.9. The van der Waals surface area contributed by atoms with Crippen LogP contribution in [0.2, 0.25) is 0 Å². The average Bonchev–Trinajstić information content (AvgIpc) is 2.93. The van der Waals surface area contributed by atoms with Crippen LogP contribution in [0.25, 0.3) is 10.8 Å². The molecule has 2 N–H and O–H groups in total. The molecular formula is C16H14N2S. The van der Waals surface area contributed by atoms with Crippen LogP contribution in [0, 0.1) is 0 Å². The summed E-state index contributed by atoms with van der Waals surface area (Å²) in [6, 6.07) is 14.1. The maximum Gasteiger partial charge on any atom is 0.0732 e. The second kappa shape index (κ2) is 4.86. The summed E-state index contributed by atoms with van der Waals surface area (Å²) >= 11 is 1.68. The van der Waals surface area contributed by atoms with Crippen LogP contribution in [0.1, 0.15) is 12.5 Å². The fourth-order valence-corrected chi connectivity index (χ4v) is 2.86. The van der Waals surface area contributed by atoms with E-state index in [2.05, 4.69) is 29.0 Å². The molecule has 0 aliphatic carbocycles. The molecule has 0 bridgehead atoms. The summed E-state index contributed by atoms with van der Waals surface area (Å²) in [7, 11) is 0. The van der Waals surface area contributed by atoms with Crippen molar-refractivity contribution in [2.45, 2.75) is 6.92 Å². The summed E-state index contributed by atoms with van der Waals surface area (Å²) in [5, 5.41) is 6.32. The quantitative estimate of drug-likeness (QED) is 0.533. The third-order valence-electron chi connectivity index (χ3n) is 3.14. The highest BCUT2D eigenvalue weighted by atomic mass is 32.1. The third-order valence-corrected chi connectivity index (χ3v) is 3.83. The lowest BCUT2D eigenvalue weighted by atomic mass is 10.1. The van der Waals surface area contributed by atoms with E-state index in [-0.39, 0.29) is 0 Å². The number of thiophene rings is 1. The minimum Gasteiger partial charge on any atom is -0.398 e. The molecule has 19 heavy (non-hydrogen) atoms. The first-order chi connectivity index (χ1) is 9.25. The second-order valence-corrected chi connectivity index (χ2v) is 5.21. The van der Waals surface area contributed by atoms with Gasteiger partial charge in [-0.1, -0.05) is 24.3 Å². The molecular weight excluding hydrogens is 252 g/mol. The van der Waals surface area contributed by atoms with Gasteiger partial charge in [-0.15, -0.1) is 0 Å². The summed E-state index contributed by atoms with van der Waals surface area (Å²) in [6.07, 6.45) is 0. The van der Waals surface area contributed by atoms with E-state index in [1.807, 2.05) is 31.2 Å². The molecule has 3 aromatic rings. The Balaban J connectivity index is 2.19. The molecule has 0 fully saturated rings. The molecule has 0 spiro atoms. The van der Waals surface area contributed by atoms with E-state index in [1.165, 1.54) is 0 Å². The minimum absolute atomic E-state index is 0.773. The number of hydrogen-bond acceptors (Lipinski definition) is 3. The fraction of sp³-hybridized carbons (Fsp3) is 0.0625. The van der Waals surface area contributed by atoms with Crippen molar-refractivity contribution in [2.75, 3.05) is 5.73 Å². The van der Waals surface area contributed by atoms with Gasteiger partial charge in [0.25, 0.3) is 0 Å². The highest BCUT2D eigenvalue weighted by molar-refractivity contribution is 7.08. The van der Waals surface area contributed by atoms with Crippen molar-refractivity contribution in [1.29, 1.82) is 0 Å². The zero-order valence-electron chi connectivity index (χ0n) is 10.6. The minimum atomic E-state index is 0.773. The smallest absolute Gasteiger partial charge is 0.0732 e. The van der Waals surface area contributed by atoms with Crippen LogP contribution in [-0.4, -0.2) is 5.71 Å². The van der Waals surface area contributed by atoms with Crippen molar-refractivity contribution in [2.24, 2.45) is 4.99 Å². The van der Waals surface area contributed by atoms with Gasteiger partial charge >= 0.3 is 0 Å². The predicted molar refractivity (Wildman–Crippen MR) is 84.6 cm³/mol. The fourth-order valence-electron chi connectivity index (χ4n) is 2.16. The van der Waals surface area contributed by atoms with Gasteiger partial charge in [-0.25, -0.2) is 0 Å². The molecule has 0 amide bonds. The van der Waals surface area contributed by atoms with Gasteiger partial charge in [0.2, 0.25) is 0 Å². The Hall–Kier alpha value is -2.13. The number of hydrogen-bond donors (Lipinski definition) is 1. The number of anilines is 1. The molecule has 0 saturated carbocycles. The number of rotatable bonds is 2. The Bertz CT molecular complexity index is 737. The number of nitrogens with two attached hydrogens (primary N) is 1. The van der Waals surface area contributed by atoms with E-state index in [4.69, 9.17) is 10.7 Å². The number of nitrogens with zero attached hydrogens (tertiary/aromatic N) is 1. The van der Waals surface area contributed by atoms with Crippen LogP contribution in [0.3, 0.4) is 0 Å². The zero-order chi connectivity index (χ0) is 13.2. The molecule has 94 valence electrons. The van der Waals surface area contributed by atoms with E-state index < -0.39 is 0 Å². The number of nitrogen functional groups attached to an aromatic ring is 1. The number of fused-ring (bicyclic) bond motifs is 1. The average molecular weight is 266 g/mol. The first-order valence-electron chi connectivity index (χ1n) is 6.11. The van der Waals surface area contributed by atoms with Crippen molar-refractivity contribution in [3.63, 3.8) is 0 Å². The van der Waals surface area contributed by atoms with Gasteiger partial charge in [0.05, 0.1) is 5.69 Å². The summed E-state index contributed by atoms with van der Waals surface area (Å²) in [5.74, 6) is 0. The van der Waals surface area contributed by atoms with Gasteiger partial charge in [0, 0.05) is 22.3 Å². The molecule has 0 unspecified atom stereocenters. The van der Waals surface area contributed by atoms with Crippen molar-refractivity contribution in [1.82, 2.24) is 0 Å². The van der Waals surface area contributed by atoms with E-state index in [1.54, 1.807) is 11.3 Å². The Labute approximate surface area is 116 Å². The Morgan fingerprint density at radius 2 is 1.89 bits per heavy atom. The summed E-state index contributed by atoms with van der Waals surface area (Å²) in [6.45, 7) is 2.03. The molecule has 1 aromatic heterocycles. The highest BCUT2D eigenvalue weighted by Crippen LogP contribution is 2.31. The van der Waals surface area contributed by atoms with Gasteiger partial charge in [-0.05, 0) is 41.3 Å². The van der Waals surface area contributed by atoms with E-state index >= 15 is 0 Å². The molecule has 3 rings (SSSR count). The molecule has 0 aliphatic heterocycles. The first kappa shape index (κ1) is 11.9. The SMILES string of the molecule is CC(=Nc1cccc2cccc(N)c12)c1ccsc1. The van der Waals surface area contributed by atoms with Crippen LogP contribution >= 0.6 is 11.3 Å². The van der Waals surface area contributed by atoms with Crippen LogP contribution in [0.5, 0.6) is 0 Å². The van der Waals surface area contributed by atoms with Gasteiger partial charge < -0.3 is 5.73 Å². The lowest BCUT2D eigenvalue weighted by Gasteiger charge is -2.06. The molecule has 0 radical (unpaired) electrons. The summed E-state index contributed by atoms with van der Waals surface area (Å²) in [5.41, 5.74) is 9.96. The molecule has 1 heterocycles. The van der Waals surface area contributed by atoms with E-state index in [9.17, 15) is 0 Å². The van der Waals surface area contributed by atoms with Crippen molar-refractivity contribution in [3.8, 4) is 0 Å². The Morgan fingerprint density at radius 1 is 1.11 bits per heavy atom. The third kappa shape index (κ3) is 2.25. The van der Waals surface area contributed by atoms with Gasteiger partial charge in [-0.3, -0.25) is 4.99 Å². The van der Waals surface area contributed by atoms with Gasteiger partial charge in [-0.2, -0.15) is 11.3 Å². The van der Waals surface area contributed by atoms with Crippen LogP contribution in [-0.2, 0) is 0 Å². The molecule has 2 nitrogen and oxygen atoms in total. The maximum absolute atomic E-state index is 6.08. The largest absolute Gasteiger partial charge is 0.398 e. The van der Waals surface area contributed by atoms with Gasteiger partial charge in [0.15, 0.2) is 0 Å². The Kier molecular flexibility index (Phi) is 3.05. The lowest BCUT2D eigenvalue weighted by molar-refractivity contribution is 1.52. The standard InChI is InChI=1S/C16H14N2S/c1-11(13-8-9-19-10-13)18-15-7-3-5-12-4-2-6-14(17)16(12)15/h2-10H,17H2,1H3. The van der Waals surface area contributed by atoms with Crippen molar-refractivity contribution >= 4 is 39.2 Å². The number of benzene rings is 2. The maximum atomic E-state index is 6.08. The molecule has 0 atom stereocenters. The van der Waals surface area contributed by atoms with Crippen molar-refractivity contribution in [3.05, 3.63) is 58.8 Å². The topological polar surface area (TPSA) is 38.4 Å². The molecule has 3 heteroatoms. The molecule has 2 aromatic carbocycles. The highest BCUT2D eigenvalue weighted by Gasteiger charge is 2.04. The first-order valence-corrected chi connectivity index (χ1v) is 7.05. The van der Waals surface area contributed by atoms with Crippen molar-refractivity contribution < 1.29 is 0 Å². The summed E-state index contributed by atoms with van der Waals surface area (Å²) in [4.78, 5) is 4.73. The second-order valence-electron chi connectivity index (χ2n) is 4.43. The molecule has 0 aliphatic rings. The van der Waals surface area contributed by atoms with Crippen LogP contribution < -0.4 is 5.73 Å². The monoisotopic (exact) mass is 266 g/mol.